The number of aromatic nitrogens is 2. The van der Waals surface area contributed by atoms with E-state index in [1.807, 2.05) is 19.9 Å². The molecule has 1 aromatic heterocycles. The lowest BCUT2D eigenvalue weighted by molar-refractivity contribution is 0.0846. The van der Waals surface area contributed by atoms with E-state index in [-0.39, 0.29) is 10.5 Å². The Morgan fingerprint density at radius 3 is 2.06 bits per heavy atom. The van der Waals surface area contributed by atoms with Crippen LogP contribution in [0.15, 0.2) is 59.5 Å². The van der Waals surface area contributed by atoms with Crippen molar-refractivity contribution in [1.82, 2.24) is 24.9 Å². The van der Waals surface area contributed by atoms with E-state index in [9.17, 15) is 18.0 Å². The molecule has 3 aromatic rings. The first kappa shape index (κ1) is 22.2. The van der Waals surface area contributed by atoms with Crippen molar-refractivity contribution in [2.24, 2.45) is 0 Å². The SMILES string of the molecule is Cc1cc(C)n(-c2ccc(C(=O)NNC(=O)c3cccc(S(=O)(=O)N(C)C)c3)cc2)n1. The van der Waals surface area contributed by atoms with Crippen molar-refractivity contribution in [2.75, 3.05) is 14.1 Å². The molecule has 0 aliphatic carbocycles. The summed E-state index contributed by atoms with van der Waals surface area (Å²) >= 11 is 0. The van der Waals surface area contributed by atoms with Gasteiger partial charge in [-0.2, -0.15) is 5.10 Å². The fraction of sp³-hybridized carbons (Fsp3) is 0.190. The van der Waals surface area contributed by atoms with Crippen LogP contribution in [0.25, 0.3) is 5.69 Å². The molecule has 1 heterocycles. The van der Waals surface area contributed by atoms with E-state index in [0.29, 0.717) is 5.56 Å². The zero-order chi connectivity index (χ0) is 22.8. The van der Waals surface area contributed by atoms with Crippen LogP contribution in [-0.2, 0) is 10.0 Å². The average Bonchev–Trinajstić information content (AvgIpc) is 3.09. The topological polar surface area (TPSA) is 113 Å². The summed E-state index contributed by atoms with van der Waals surface area (Å²) in [6.45, 7) is 3.84. The average molecular weight is 442 g/mol. The Labute approximate surface area is 180 Å². The minimum absolute atomic E-state index is 0.0174. The van der Waals surface area contributed by atoms with Crippen LogP contribution in [0.3, 0.4) is 0 Å². The second-order valence-corrected chi connectivity index (χ2v) is 9.26. The number of carbonyl (C=O) groups excluding carboxylic acids is 2. The standard InChI is InChI=1S/C21H23N5O4S/c1-14-12-15(2)26(24-14)18-10-8-16(9-11-18)20(27)22-23-21(28)17-6-5-7-19(13-17)31(29,30)25(3)4/h5-13H,1-4H3,(H,22,27)(H,23,28). The lowest BCUT2D eigenvalue weighted by atomic mass is 10.2. The summed E-state index contributed by atoms with van der Waals surface area (Å²) in [7, 11) is -0.867. The van der Waals surface area contributed by atoms with Gasteiger partial charge in [0.1, 0.15) is 0 Å². The normalized spacial score (nSPS) is 11.4. The first-order valence-corrected chi connectivity index (χ1v) is 10.8. The molecular formula is C21H23N5O4S. The molecule has 0 spiro atoms. The molecule has 9 nitrogen and oxygen atoms in total. The summed E-state index contributed by atoms with van der Waals surface area (Å²) in [6, 6.07) is 14.3. The molecule has 31 heavy (non-hydrogen) atoms. The molecule has 0 fully saturated rings. The van der Waals surface area contributed by atoms with Crippen LogP contribution >= 0.6 is 0 Å². The highest BCUT2D eigenvalue weighted by Gasteiger charge is 2.19. The van der Waals surface area contributed by atoms with E-state index in [1.54, 1.807) is 28.9 Å². The molecule has 0 radical (unpaired) electrons. The van der Waals surface area contributed by atoms with Crippen LogP contribution in [0.4, 0.5) is 0 Å². The molecule has 0 aliphatic heterocycles. The third kappa shape index (κ3) is 4.81. The van der Waals surface area contributed by atoms with Gasteiger partial charge in [0.2, 0.25) is 10.0 Å². The highest BCUT2D eigenvalue weighted by Crippen LogP contribution is 2.15. The maximum Gasteiger partial charge on any atom is 0.269 e. The quantitative estimate of drug-likeness (QED) is 0.587. The maximum absolute atomic E-state index is 12.4. The number of amides is 2. The molecule has 162 valence electrons. The minimum Gasteiger partial charge on any atom is -0.267 e. The van der Waals surface area contributed by atoms with Crippen LogP contribution in [0.1, 0.15) is 32.1 Å². The van der Waals surface area contributed by atoms with Gasteiger partial charge >= 0.3 is 0 Å². The van der Waals surface area contributed by atoms with E-state index < -0.39 is 21.8 Å². The molecule has 2 aromatic carbocycles. The van der Waals surface area contributed by atoms with Gasteiger partial charge in [0.05, 0.1) is 16.3 Å². The zero-order valence-electron chi connectivity index (χ0n) is 17.6. The summed E-state index contributed by atoms with van der Waals surface area (Å²) in [5, 5.41) is 4.40. The largest absolute Gasteiger partial charge is 0.269 e. The van der Waals surface area contributed by atoms with Gasteiger partial charge in [0, 0.05) is 30.9 Å². The van der Waals surface area contributed by atoms with Gasteiger partial charge in [0.15, 0.2) is 0 Å². The van der Waals surface area contributed by atoms with Crippen molar-refractivity contribution in [3.05, 3.63) is 77.1 Å². The number of aryl methyl sites for hydroxylation is 2. The van der Waals surface area contributed by atoms with Crippen molar-refractivity contribution in [2.45, 2.75) is 18.7 Å². The molecule has 3 rings (SSSR count). The fourth-order valence-corrected chi connectivity index (χ4v) is 3.86. The number of nitrogens with one attached hydrogen (secondary N) is 2. The van der Waals surface area contributed by atoms with Crippen molar-refractivity contribution < 1.29 is 18.0 Å². The molecule has 0 unspecified atom stereocenters. The summed E-state index contributed by atoms with van der Waals surface area (Å²) in [6.07, 6.45) is 0. The predicted molar refractivity (Wildman–Crippen MR) is 115 cm³/mol. The van der Waals surface area contributed by atoms with Gasteiger partial charge in [-0.05, 0) is 62.4 Å². The Morgan fingerprint density at radius 1 is 0.903 bits per heavy atom. The Hall–Kier alpha value is -3.50. The van der Waals surface area contributed by atoms with E-state index in [1.165, 1.54) is 38.4 Å². The first-order chi connectivity index (χ1) is 14.6. The van der Waals surface area contributed by atoms with Crippen molar-refractivity contribution in [3.8, 4) is 5.69 Å². The lowest BCUT2D eigenvalue weighted by Gasteiger charge is -2.12. The van der Waals surface area contributed by atoms with Gasteiger partial charge in [0.25, 0.3) is 11.8 Å². The number of benzene rings is 2. The van der Waals surface area contributed by atoms with E-state index in [4.69, 9.17) is 0 Å². The van der Waals surface area contributed by atoms with E-state index in [2.05, 4.69) is 16.0 Å². The molecule has 0 aliphatic rings. The number of hydrogen-bond acceptors (Lipinski definition) is 5. The van der Waals surface area contributed by atoms with Gasteiger partial charge in [-0.15, -0.1) is 0 Å². The van der Waals surface area contributed by atoms with Gasteiger partial charge < -0.3 is 0 Å². The van der Waals surface area contributed by atoms with Crippen molar-refractivity contribution in [1.29, 1.82) is 0 Å². The Kier molecular flexibility index (Phi) is 6.23. The Morgan fingerprint density at radius 2 is 1.52 bits per heavy atom. The minimum atomic E-state index is -3.68. The van der Waals surface area contributed by atoms with Crippen LogP contribution in [0, 0.1) is 13.8 Å². The summed E-state index contributed by atoms with van der Waals surface area (Å²) < 4.78 is 27.3. The third-order valence-electron chi connectivity index (χ3n) is 4.55. The van der Waals surface area contributed by atoms with Crippen LogP contribution in [0.2, 0.25) is 0 Å². The zero-order valence-corrected chi connectivity index (χ0v) is 18.4. The van der Waals surface area contributed by atoms with Gasteiger partial charge in [-0.25, -0.2) is 17.4 Å². The molecule has 0 saturated heterocycles. The second-order valence-electron chi connectivity index (χ2n) is 7.11. The number of carbonyl (C=O) groups is 2. The third-order valence-corrected chi connectivity index (χ3v) is 6.36. The van der Waals surface area contributed by atoms with Crippen molar-refractivity contribution in [3.63, 3.8) is 0 Å². The highest BCUT2D eigenvalue weighted by molar-refractivity contribution is 7.89. The molecule has 2 amide bonds. The van der Waals surface area contributed by atoms with Crippen molar-refractivity contribution >= 4 is 21.8 Å². The second kappa shape index (κ2) is 8.70. The summed E-state index contributed by atoms with van der Waals surface area (Å²) in [5.74, 6) is -1.14. The first-order valence-electron chi connectivity index (χ1n) is 9.36. The van der Waals surface area contributed by atoms with Crippen LogP contribution in [0.5, 0.6) is 0 Å². The number of rotatable bonds is 5. The summed E-state index contributed by atoms with van der Waals surface area (Å²) in [5.41, 5.74) is 7.75. The monoisotopic (exact) mass is 441 g/mol. The maximum atomic E-state index is 12.4. The molecule has 2 N–H and O–H groups in total. The number of hydrazine groups is 1. The Bertz CT molecular complexity index is 1230. The fourth-order valence-electron chi connectivity index (χ4n) is 2.91. The lowest BCUT2D eigenvalue weighted by Crippen LogP contribution is -2.41. The summed E-state index contributed by atoms with van der Waals surface area (Å²) in [4.78, 5) is 24.7. The highest BCUT2D eigenvalue weighted by atomic mass is 32.2. The molecule has 0 atom stereocenters. The number of sulfonamides is 1. The van der Waals surface area contributed by atoms with E-state index >= 15 is 0 Å². The van der Waals surface area contributed by atoms with Gasteiger partial charge in [-0.3, -0.25) is 20.4 Å². The molecule has 10 heteroatoms. The van der Waals surface area contributed by atoms with Crippen LogP contribution < -0.4 is 10.9 Å². The number of hydrogen-bond donors (Lipinski definition) is 2. The predicted octanol–water partition coefficient (Wildman–Crippen LogP) is 1.81. The molecule has 0 saturated carbocycles. The number of nitrogens with zero attached hydrogens (tertiary/aromatic N) is 3. The smallest absolute Gasteiger partial charge is 0.267 e. The van der Waals surface area contributed by atoms with Crippen LogP contribution in [-0.4, -0.2) is 48.4 Å². The molecular weight excluding hydrogens is 418 g/mol. The van der Waals surface area contributed by atoms with Gasteiger partial charge in [-0.1, -0.05) is 6.07 Å². The molecule has 0 bridgehead atoms. The Balaban J connectivity index is 1.67. The van der Waals surface area contributed by atoms with E-state index in [0.717, 1.165) is 21.4 Å².